The number of halogens is 2. The molecule has 1 fully saturated rings. The number of hydrogen-bond donors (Lipinski definition) is 1. The first-order chi connectivity index (χ1) is 12.0. The van der Waals surface area contributed by atoms with Crippen molar-refractivity contribution in [2.24, 2.45) is 0 Å². The normalized spacial score (nSPS) is 15.0. The van der Waals surface area contributed by atoms with E-state index in [1.165, 1.54) is 6.42 Å². The molecule has 1 aromatic heterocycles. The molecule has 132 valence electrons. The van der Waals surface area contributed by atoms with Gasteiger partial charge in [-0.2, -0.15) is 4.37 Å². The molecule has 25 heavy (non-hydrogen) atoms. The molecule has 1 N–H and O–H groups in total. The summed E-state index contributed by atoms with van der Waals surface area (Å²) in [7, 11) is 0. The summed E-state index contributed by atoms with van der Waals surface area (Å²) in [5.74, 6) is -0.728. The Labute approximate surface area is 159 Å². The Kier molecular flexibility index (Phi) is 5.93. The molecule has 1 saturated carbocycles. The number of nitrogens with one attached hydrogen (secondary N) is 1. The topological polar surface area (TPSA) is 68.3 Å². The van der Waals surface area contributed by atoms with Crippen LogP contribution >= 0.6 is 34.7 Å². The van der Waals surface area contributed by atoms with Crippen LogP contribution in [-0.2, 0) is 4.74 Å². The van der Waals surface area contributed by atoms with Crippen molar-refractivity contribution >= 4 is 52.3 Å². The fourth-order valence-electron chi connectivity index (χ4n) is 2.68. The highest BCUT2D eigenvalue weighted by molar-refractivity contribution is 7.09. The second-order valence-corrected chi connectivity index (χ2v) is 7.32. The second-order valence-electron chi connectivity index (χ2n) is 5.81. The number of carbonyl (C=O) groups excluding carboxylic acids is 2. The van der Waals surface area contributed by atoms with E-state index in [1.54, 1.807) is 24.3 Å². The molecule has 0 bridgehead atoms. The molecule has 0 radical (unpaired) electrons. The fraction of sp³-hybridized carbons (Fsp3) is 0.353. The summed E-state index contributed by atoms with van der Waals surface area (Å²) in [4.78, 5) is 24.6. The molecule has 1 aliphatic rings. The maximum absolute atomic E-state index is 12.2. The Bertz CT molecular complexity index is 771. The first-order valence-electron chi connectivity index (χ1n) is 7.97. The minimum Gasteiger partial charge on any atom is -0.459 e. The summed E-state index contributed by atoms with van der Waals surface area (Å²) in [5, 5.41) is 2.94. The number of aromatic nitrogens is 1. The molecular weight excluding hydrogens is 383 g/mol. The molecule has 8 heteroatoms. The molecule has 0 aliphatic heterocycles. The molecule has 0 atom stereocenters. The van der Waals surface area contributed by atoms with Crippen molar-refractivity contribution in [2.75, 3.05) is 5.32 Å². The summed E-state index contributed by atoms with van der Waals surface area (Å²) in [6.45, 7) is 0. The van der Waals surface area contributed by atoms with Crippen LogP contribution in [0, 0.1) is 0 Å². The van der Waals surface area contributed by atoms with Crippen molar-refractivity contribution in [3.8, 4) is 0 Å². The average molecular weight is 399 g/mol. The SMILES string of the molecule is O=C(OC1CCCCC1)c1ccc(NC(=O)c2snc(Cl)c2Cl)cc1. The van der Waals surface area contributed by atoms with E-state index in [-0.39, 0.29) is 27.1 Å². The average Bonchev–Trinajstić information content (AvgIpc) is 2.95. The predicted molar refractivity (Wildman–Crippen MR) is 98.8 cm³/mol. The fourth-order valence-corrected chi connectivity index (χ4v) is 3.79. The predicted octanol–water partition coefficient (Wildman–Crippen LogP) is 5.19. The van der Waals surface area contributed by atoms with Gasteiger partial charge in [0.1, 0.15) is 16.0 Å². The summed E-state index contributed by atoms with van der Waals surface area (Å²) >= 11 is 12.6. The minimum atomic E-state index is -0.396. The minimum absolute atomic E-state index is 0.0128. The Morgan fingerprint density at radius 3 is 2.40 bits per heavy atom. The van der Waals surface area contributed by atoms with Gasteiger partial charge in [-0.15, -0.1) is 0 Å². The first-order valence-corrected chi connectivity index (χ1v) is 9.50. The van der Waals surface area contributed by atoms with E-state index in [0.29, 0.717) is 11.3 Å². The van der Waals surface area contributed by atoms with Crippen LogP contribution in [0.5, 0.6) is 0 Å². The van der Waals surface area contributed by atoms with Gasteiger partial charge in [-0.25, -0.2) is 4.79 Å². The highest BCUT2D eigenvalue weighted by Crippen LogP contribution is 2.29. The summed E-state index contributed by atoms with van der Waals surface area (Å²) in [6, 6.07) is 6.54. The van der Waals surface area contributed by atoms with Crippen LogP contribution in [0.15, 0.2) is 24.3 Å². The third-order valence-corrected chi connectivity index (χ3v) is 5.80. The Morgan fingerprint density at radius 2 is 1.80 bits per heavy atom. The number of hydrogen-bond acceptors (Lipinski definition) is 5. The molecule has 2 aromatic rings. The number of anilines is 1. The Balaban J connectivity index is 1.60. The molecule has 0 unspecified atom stereocenters. The molecule has 1 amide bonds. The maximum Gasteiger partial charge on any atom is 0.338 e. The van der Waals surface area contributed by atoms with E-state index >= 15 is 0 Å². The van der Waals surface area contributed by atoms with Crippen molar-refractivity contribution in [3.05, 3.63) is 44.9 Å². The third-order valence-electron chi connectivity index (χ3n) is 4.01. The summed E-state index contributed by atoms with van der Waals surface area (Å²) < 4.78 is 9.35. The van der Waals surface area contributed by atoms with Gasteiger partial charge in [0.15, 0.2) is 5.15 Å². The van der Waals surface area contributed by atoms with E-state index in [0.717, 1.165) is 37.2 Å². The van der Waals surface area contributed by atoms with Crippen LogP contribution < -0.4 is 5.32 Å². The lowest BCUT2D eigenvalue weighted by atomic mass is 9.98. The lowest BCUT2D eigenvalue weighted by molar-refractivity contribution is 0.0211. The van der Waals surface area contributed by atoms with Crippen molar-refractivity contribution in [1.29, 1.82) is 0 Å². The zero-order chi connectivity index (χ0) is 17.8. The smallest absolute Gasteiger partial charge is 0.338 e. The molecular formula is C17H16Cl2N2O3S. The first kappa shape index (κ1) is 18.2. The van der Waals surface area contributed by atoms with Crippen LogP contribution in [-0.4, -0.2) is 22.4 Å². The van der Waals surface area contributed by atoms with Gasteiger partial charge >= 0.3 is 5.97 Å². The zero-order valence-electron chi connectivity index (χ0n) is 13.3. The zero-order valence-corrected chi connectivity index (χ0v) is 15.6. The number of esters is 1. The van der Waals surface area contributed by atoms with Crippen molar-refractivity contribution < 1.29 is 14.3 Å². The van der Waals surface area contributed by atoms with Crippen molar-refractivity contribution in [1.82, 2.24) is 4.37 Å². The third kappa shape index (κ3) is 4.51. The van der Waals surface area contributed by atoms with Gasteiger partial charge in [0.25, 0.3) is 5.91 Å². The Morgan fingerprint density at radius 1 is 1.12 bits per heavy atom. The van der Waals surface area contributed by atoms with Gasteiger partial charge < -0.3 is 10.1 Å². The lowest BCUT2D eigenvalue weighted by Gasteiger charge is -2.21. The standard InChI is InChI=1S/C17H16Cl2N2O3S/c18-13-14(25-21-15(13)19)16(22)20-11-8-6-10(7-9-11)17(23)24-12-4-2-1-3-5-12/h6-9,12H,1-5H2,(H,20,22). The van der Waals surface area contributed by atoms with E-state index in [9.17, 15) is 9.59 Å². The van der Waals surface area contributed by atoms with Gasteiger partial charge in [-0.05, 0) is 61.5 Å². The molecule has 1 aromatic carbocycles. The number of amides is 1. The van der Waals surface area contributed by atoms with Crippen LogP contribution in [0.4, 0.5) is 5.69 Å². The molecule has 1 heterocycles. The maximum atomic E-state index is 12.2. The monoisotopic (exact) mass is 398 g/mol. The molecule has 0 spiro atoms. The quantitative estimate of drug-likeness (QED) is 0.719. The number of carbonyl (C=O) groups is 2. The van der Waals surface area contributed by atoms with Gasteiger partial charge in [-0.3, -0.25) is 4.79 Å². The van der Waals surface area contributed by atoms with Gasteiger partial charge in [-0.1, -0.05) is 29.6 Å². The highest BCUT2D eigenvalue weighted by atomic mass is 35.5. The number of ether oxygens (including phenoxy) is 1. The molecule has 1 aliphatic carbocycles. The van der Waals surface area contributed by atoms with Crippen LogP contribution in [0.2, 0.25) is 10.2 Å². The van der Waals surface area contributed by atoms with E-state index in [4.69, 9.17) is 27.9 Å². The van der Waals surface area contributed by atoms with Crippen LogP contribution in [0.1, 0.15) is 52.1 Å². The number of benzene rings is 1. The number of rotatable bonds is 4. The van der Waals surface area contributed by atoms with Gasteiger partial charge in [0.2, 0.25) is 0 Å². The molecule has 3 rings (SSSR count). The summed E-state index contributed by atoms with van der Waals surface area (Å²) in [6.07, 6.45) is 5.28. The summed E-state index contributed by atoms with van der Waals surface area (Å²) in [5.41, 5.74) is 1.00. The van der Waals surface area contributed by atoms with Crippen molar-refractivity contribution in [3.63, 3.8) is 0 Å². The molecule has 5 nitrogen and oxygen atoms in total. The van der Waals surface area contributed by atoms with E-state index in [2.05, 4.69) is 9.69 Å². The van der Waals surface area contributed by atoms with Crippen LogP contribution in [0.3, 0.4) is 0 Å². The molecule has 0 saturated heterocycles. The largest absolute Gasteiger partial charge is 0.459 e. The number of nitrogens with zero attached hydrogens (tertiary/aromatic N) is 1. The highest BCUT2D eigenvalue weighted by Gasteiger charge is 2.20. The second kappa shape index (κ2) is 8.17. The van der Waals surface area contributed by atoms with E-state index < -0.39 is 5.91 Å². The van der Waals surface area contributed by atoms with Crippen molar-refractivity contribution in [2.45, 2.75) is 38.2 Å². The lowest BCUT2D eigenvalue weighted by Crippen LogP contribution is -2.20. The van der Waals surface area contributed by atoms with E-state index in [1.807, 2.05) is 0 Å². The van der Waals surface area contributed by atoms with Gasteiger partial charge in [0.05, 0.1) is 5.56 Å². The van der Waals surface area contributed by atoms with Gasteiger partial charge in [0, 0.05) is 5.69 Å². The Hall–Kier alpha value is -1.63. The van der Waals surface area contributed by atoms with Crippen LogP contribution in [0.25, 0.3) is 0 Å².